The van der Waals surface area contributed by atoms with Gasteiger partial charge in [0.25, 0.3) is 0 Å². The molecule has 1 saturated heterocycles. The summed E-state index contributed by atoms with van der Waals surface area (Å²) in [4.78, 5) is 2.69. The van der Waals surface area contributed by atoms with Gasteiger partial charge in [-0.3, -0.25) is 4.90 Å². The van der Waals surface area contributed by atoms with Gasteiger partial charge in [0.2, 0.25) is 0 Å². The van der Waals surface area contributed by atoms with Crippen molar-refractivity contribution < 1.29 is 10.2 Å². The first kappa shape index (κ1) is 27.7. The van der Waals surface area contributed by atoms with Crippen LogP contribution in [0.25, 0.3) is 291 Å². The van der Waals surface area contributed by atoms with Gasteiger partial charge in [-0.15, -0.1) is 0 Å². The molecule has 0 amide bonds. The van der Waals surface area contributed by atoms with Crippen molar-refractivity contribution in [3.05, 3.63) is 46.0 Å². The van der Waals surface area contributed by atoms with Crippen molar-refractivity contribution in [1.29, 1.82) is 0 Å². The molecule has 3 heteroatoms. The van der Waals surface area contributed by atoms with Gasteiger partial charge in [-0.1, -0.05) is 6.07 Å². The van der Waals surface area contributed by atoms with Crippen LogP contribution in [-0.2, 0) is 16.4 Å². The highest BCUT2D eigenvalue weighted by molar-refractivity contribution is 6.82. The van der Waals surface area contributed by atoms with Gasteiger partial charge < -0.3 is 10.2 Å². The highest BCUT2D eigenvalue weighted by Crippen LogP contribution is 2.88. The van der Waals surface area contributed by atoms with Crippen molar-refractivity contribution in [1.82, 2.24) is 4.90 Å². The van der Waals surface area contributed by atoms with E-state index < -0.39 is 16.4 Å². The Hall–Kier alpha value is -8.76. The molecule has 73 heavy (non-hydrogen) atoms. The van der Waals surface area contributed by atoms with E-state index >= 15 is 0 Å². The van der Waals surface area contributed by atoms with E-state index in [0.717, 1.165) is 6.54 Å². The van der Waals surface area contributed by atoms with E-state index in [0.29, 0.717) is 5.56 Å². The van der Waals surface area contributed by atoms with E-state index in [1.807, 2.05) is 18.2 Å². The lowest BCUT2D eigenvalue weighted by Gasteiger charge is -2.56. The molecule has 1 heterocycles. The first-order valence-corrected chi connectivity index (χ1v) is 27.0. The molecule has 2 spiro atoms. The minimum atomic E-state index is -0.856. The third-order valence-electron chi connectivity index (χ3n) is 27.0. The fourth-order valence-electron chi connectivity index (χ4n) is 26.8. The molecular weight excluding hydrogens is 887 g/mol. The van der Waals surface area contributed by atoms with Crippen LogP contribution in [0, 0.1) is 0 Å². The van der Waals surface area contributed by atoms with Gasteiger partial charge in [-0.2, -0.15) is 0 Å². The van der Waals surface area contributed by atoms with Crippen LogP contribution in [0.1, 0.15) is 34.7 Å². The average Bonchev–Trinajstić information content (AvgIpc) is 4.26. The second kappa shape index (κ2) is 6.17. The van der Waals surface area contributed by atoms with Crippen molar-refractivity contribution in [2.24, 2.45) is 0 Å². The zero-order valence-electron chi connectivity index (χ0n) is 37.8. The number of hydrogen-bond acceptors (Lipinski definition) is 3. The average molecular weight is 900 g/mol. The summed E-state index contributed by atoms with van der Waals surface area (Å²) in [5.41, 5.74) is 5.00. The normalized spacial score (nSPS) is 24.5. The molecule has 4 aliphatic carbocycles. The maximum Gasteiger partial charge on any atom is 0.124 e. The third-order valence-corrected chi connectivity index (χ3v) is 27.0. The molecule has 34 rings (SSSR count). The van der Waals surface area contributed by atoms with Crippen LogP contribution in [0.4, 0.5) is 0 Å². The molecule has 29 aromatic rings. The number of likely N-dealkylation sites (N-methyl/N-ethyl adjacent to an activating group) is 1. The predicted molar refractivity (Wildman–Crippen MR) is 304 cm³/mol. The number of aromatic hydroxyl groups is 2. The third kappa shape index (κ3) is 1.45. The van der Waals surface area contributed by atoms with Crippen LogP contribution in [0.3, 0.4) is 0 Å². The van der Waals surface area contributed by atoms with E-state index in [-0.39, 0.29) is 11.5 Å². The molecule has 1 fully saturated rings. The molecule has 1 unspecified atom stereocenters. The monoisotopic (exact) mass is 899 g/mol. The van der Waals surface area contributed by atoms with Crippen molar-refractivity contribution in [3.8, 4) is 11.5 Å². The van der Waals surface area contributed by atoms with Crippen LogP contribution in [0.15, 0.2) is 18.2 Å². The summed E-state index contributed by atoms with van der Waals surface area (Å²) in [5, 5.41) is 111. The van der Waals surface area contributed by atoms with Crippen LogP contribution in [0.5, 0.6) is 11.5 Å². The Morgan fingerprint density at radius 1 is 0.274 bits per heavy atom. The van der Waals surface area contributed by atoms with Crippen LogP contribution < -0.4 is 0 Å². The van der Waals surface area contributed by atoms with E-state index in [2.05, 4.69) is 18.9 Å². The van der Waals surface area contributed by atoms with Crippen LogP contribution in [0.2, 0.25) is 0 Å². The maximum atomic E-state index is 12.8. The first-order chi connectivity index (χ1) is 36.0. The lowest BCUT2D eigenvalue weighted by Crippen LogP contribution is -2.58. The van der Waals surface area contributed by atoms with Gasteiger partial charge in [0, 0.05) is 6.54 Å². The van der Waals surface area contributed by atoms with Gasteiger partial charge in [-0.25, -0.2) is 0 Å². The minimum Gasteiger partial charge on any atom is -0.507 e. The minimum absolute atomic E-state index is 0.212. The Balaban J connectivity index is 1.17. The van der Waals surface area contributed by atoms with Gasteiger partial charge in [0.1, 0.15) is 11.5 Å². The number of likely N-dealkylation sites (tertiary alicyclic amines) is 1. The van der Waals surface area contributed by atoms with Crippen molar-refractivity contribution in [2.75, 3.05) is 13.6 Å². The van der Waals surface area contributed by atoms with Gasteiger partial charge >= 0.3 is 0 Å². The van der Waals surface area contributed by atoms with Gasteiger partial charge in [0.05, 0.1) is 21.9 Å². The summed E-state index contributed by atoms with van der Waals surface area (Å²) in [6, 6.07) is 5.61. The Morgan fingerprint density at radius 3 is 0.658 bits per heavy atom. The summed E-state index contributed by atoms with van der Waals surface area (Å²) in [7, 11) is 2.39. The van der Waals surface area contributed by atoms with Gasteiger partial charge in [0.15, 0.2) is 0 Å². The molecule has 310 valence electrons. The van der Waals surface area contributed by atoms with Crippen molar-refractivity contribution >= 4 is 291 Å². The number of nitrogens with zero attached hydrogens (tertiary/aromatic N) is 1. The SMILES string of the molecule is CN1CC23c4c5c6c7c8c9c(c%10c%11c2c2c4c4c%12c5c5c6c6c8c8c%13c9c9c%10c%10c%11c%11c2c2c4c4c%12c%12c5c5c6c8c6c8c%13c9c9c%10c%10c%11c2c2c4c4c%12c5c6c5c8c9c%10c2c45)C73C1(C)c1c(O)cccc1O. The molecule has 1 aliphatic heterocycles. The molecule has 1 atom stereocenters. The topological polar surface area (TPSA) is 43.7 Å². The molecule has 5 aliphatic rings. The zero-order chi connectivity index (χ0) is 44.1. The molecule has 0 saturated carbocycles. The summed E-state index contributed by atoms with van der Waals surface area (Å²) in [6.07, 6.45) is 0. The largest absolute Gasteiger partial charge is 0.507 e. The van der Waals surface area contributed by atoms with E-state index in [1.54, 1.807) is 313 Å². The quantitative estimate of drug-likeness (QED) is 0.161. The summed E-state index contributed by atoms with van der Waals surface area (Å²) < 4.78 is 0. The summed E-state index contributed by atoms with van der Waals surface area (Å²) >= 11 is 0. The molecule has 0 aromatic heterocycles. The number of hydrogen-bond donors (Lipinski definition) is 2. The Kier molecular flexibility index (Phi) is 2.34. The standard InChI is InChI=1S/C70H13NO2/c1-68(63-7(72)4-3-5-8(63)73)70-66-59-53-43-31-23-15-11-9-10-13-17(15)25(31)35-29-21(13)22-14(10)18-16-12(9)20-19(11)27-33(23)41-47-37(27)38-28(20)34-24(16)32-26(18)36-30(22)40-39(29)51(45(35)53)61(66)62-52(40)46(36)54-44(32)50-42(34)48(38)56-55(47)64(57(59)49(41)43)69(70,6-71(68)2)65(56)58(50)60(54)67(62)70/h3-5,72-73H,6H2,1-2H3. The van der Waals surface area contributed by atoms with Crippen molar-refractivity contribution in [3.63, 3.8) is 0 Å². The second-order valence-corrected chi connectivity index (χ2v) is 27.0. The molecule has 2 N–H and O–H groups in total. The zero-order valence-corrected chi connectivity index (χ0v) is 37.8. The molecule has 0 radical (unpaired) electrons. The van der Waals surface area contributed by atoms with E-state index in [1.165, 1.54) is 0 Å². The fourth-order valence-corrected chi connectivity index (χ4v) is 26.8. The number of rotatable bonds is 1. The highest BCUT2D eigenvalue weighted by atomic mass is 16.3. The summed E-state index contributed by atoms with van der Waals surface area (Å²) in [5.74, 6) is 0.424. The number of phenolic OH excluding ortho intramolecular Hbond substituents is 2. The Labute approximate surface area is 398 Å². The van der Waals surface area contributed by atoms with Crippen molar-refractivity contribution in [2.45, 2.75) is 23.3 Å². The predicted octanol–water partition coefficient (Wildman–Crippen LogP) is 17.6. The first-order valence-electron chi connectivity index (χ1n) is 27.0. The molecular formula is C70H13NO2. The Bertz CT molecular complexity index is 7360. The lowest BCUT2D eigenvalue weighted by molar-refractivity contribution is 0.134. The van der Waals surface area contributed by atoms with E-state index in [9.17, 15) is 10.2 Å². The smallest absolute Gasteiger partial charge is 0.124 e. The number of benzene rings is 19. The van der Waals surface area contributed by atoms with E-state index in [4.69, 9.17) is 0 Å². The van der Waals surface area contributed by atoms with Crippen LogP contribution in [-0.4, -0.2) is 28.7 Å². The van der Waals surface area contributed by atoms with Crippen LogP contribution >= 0.6 is 0 Å². The lowest BCUT2D eigenvalue weighted by atomic mass is 9.44. The molecule has 3 nitrogen and oxygen atoms in total. The highest BCUT2D eigenvalue weighted by Gasteiger charge is 2.80. The summed E-state index contributed by atoms with van der Waals surface area (Å²) in [6.45, 7) is 3.31. The molecule has 0 bridgehead atoms. The second-order valence-electron chi connectivity index (χ2n) is 27.0. The Morgan fingerprint density at radius 2 is 0.452 bits per heavy atom. The fraction of sp³-hybridized carbons (Fsp3) is 0.0857. The van der Waals surface area contributed by atoms with Gasteiger partial charge in [-0.05, 0) is 339 Å². The number of phenols is 2. The maximum absolute atomic E-state index is 12.8. The molecule has 29 aromatic carbocycles.